The standard InChI is InChI=1S/C23H21ClO2/c1-16(25)11-17-5-3-6-18(12-17)13-19-9-10-23(26-2)22(14-19)20-7-4-8-21(24)15-20/h3-10,12,14-15H,11,13H2,1-2H3. The minimum Gasteiger partial charge on any atom is -0.496 e. The Bertz CT molecular complexity index is 931. The van der Waals surface area contributed by atoms with E-state index >= 15 is 0 Å². The van der Waals surface area contributed by atoms with Crippen molar-refractivity contribution >= 4 is 17.4 Å². The maximum Gasteiger partial charge on any atom is 0.134 e. The Labute approximate surface area is 159 Å². The summed E-state index contributed by atoms with van der Waals surface area (Å²) in [7, 11) is 1.67. The Morgan fingerprint density at radius 2 is 1.65 bits per heavy atom. The quantitative estimate of drug-likeness (QED) is 0.557. The summed E-state index contributed by atoms with van der Waals surface area (Å²) in [6.45, 7) is 1.62. The highest BCUT2D eigenvalue weighted by Gasteiger charge is 2.09. The Morgan fingerprint density at radius 3 is 2.38 bits per heavy atom. The molecule has 0 N–H and O–H groups in total. The first-order valence-electron chi connectivity index (χ1n) is 8.55. The van der Waals surface area contributed by atoms with Crippen LogP contribution in [0.2, 0.25) is 5.02 Å². The van der Waals surface area contributed by atoms with Gasteiger partial charge in [-0.3, -0.25) is 4.79 Å². The Hall–Kier alpha value is -2.58. The zero-order valence-electron chi connectivity index (χ0n) is 15.0. The lowest BCUT2D eigenvalue weighted by molar-refractivity contribution is -0.116. The van der Waals surface area contributed by atoms with Gasteiger partial charge in [0, 0.05) is 17.0 Å². The van der Waals surface area contributed by atoms with Gasteiger partial charge in [-0.25, -0.2) is 0 Å². The molecule has 3 rings (SSSR count). The molecule has 132 valence electrons. The number of Topliss-reactive ketones (excluding diaryl/α,β-unsaturated/α-hetero) is 1. The van der Waals surface area contributed by atoms with Gasteiger partial charge in [-0.15, -0.1) is 0 Å². The second kappa shape index (κ2) is 8.20. The van der Waals surface area contributed by atoms with Gasteiger partial charge < -0.3 is 4.74 Å². The van der Waals surface area contributed by atoms with Crippen molar-refractivity contribution in [2.75, 3.05) is 7.11 Å². The summed E-state index contributed by atoms with van der Waals surface area (Å²) in [4.78, 5) is 11.4. The van der Waals surface area contributed by atoms with Crippen molar-refractivity contribution < 1.29 is 9.53 Å². The summed E-state index contributed by atoms with van der Waals surface area (Å²) < 4.78 is 5.53. The van der Waals surface area contributed by atoms with E-state index < -0.39 is 0 Å². The highest BCUT2D eigenvalue weighted by atomic mass is 35.5. The van der Waals surface area contributed by atoms with Crippen molar-refractivity contribution in [1.82, 2.24) is 0 Å². The van der Waals surface area contributed by atoms with Crippen LogP contribution in [0.1, 0.15) is 23.6 Å². The van der Waals surface area contributed by atoms with E-state index in [1.165, 1.54) is 11.1 Å². The summed E-state index contributed by atoms with van der Waals surface area (Å²) in [5.41, 5.74) is 5.47. The monoisotopic (exact) mass is 364 g/mol. The van der Waals surface area contributed by atoms with E-state index in [4.69, 9.17) is 16.3 Å². The molecule has 0 atom stereocenters. The first-order chi connectivity index (χ1) is 12.5. The second-order valence-electron chi connectivity index (χ2n) is 6.42. The summed E-state index contributed by atoms with van der Waals surface area (Å²) in [5, 5.41) is 0.701. The lowest BCUT2D eigenvalue weighted by Crippen LogP contribution is -1.98. The number of methoxy groups -OCH3 is 1. The van der Waals surface area contributed by atoms with E-state index in [9.17, 15) is 4.79 Å². The molecule has 0 saturated heterocycles. The third-order valence-corrected chi connectivity index (χ3v) is 4.49. The normalized spacial score (nSPS) is 10.6. The van der Waals surface area contributed by atoms with Crippen LogP contribution >= 0.6 is 11.6 Å². The van der Waals surface area contributed by atoms with Gasteiger partial charge in [0.05, 0.1) is 7.11 Å². The predicted molar refractivity (Wildman–Crippen MR) is 107 cm³/mol. The van der Waals surface area contributed by atoms with Gasteiger partial charge in [0.1, 0.15) is 11.5 Å². The molecule has 3 heteroatoms. The molecule has 0 spiro atoms. The van der Waals surface area contributed by atoms with E-state index in [2.05, 4.69) is 24.3 Å². The number of ketones is 1. The van der Waals surface area contributed by atoms with Gasteiger partial charge in [0.2, 0.25) is 0 Å². The maximum atomic E-state index is 11.4. The van der Waals surface area contributed by atoms with Gasteiger partial charge in [-0.2, -0.15) is 0 Å². The van der Waals surface area contributed by atoms with Gasteiger partial charge in [0.15, 0.2) is 0 Å². The van der Waals surface area contributed by atoms with Crippen LogP contribution in [0.4, 0.5) is 0 Å². The minimum atomic E-state index is 0.176. The van der Waals surface area contributed by atoms with Crippen molar-refractivity contribution in [3.8, 4) is 16.9 Å². The molecular formula is C23H21ClO2. The number of rotatable bonds is 6. The molecule has 0 aromatic heterocycles. The number of carbonyl (C=O) groups is 1. The van der Waals surface area contributed by atoms with Gasteiger partial charge in [-0.1, -0.05) is 54.1 Å². The summed E-state index contributed by atoms with van der Waals surface area (Å²) >= 11 is 6.15. The summed E-state index contributed by atoms with van der Waals surface area (Å²) in [6.07, 6.45) is 1.27. The lowest BCUT2D eigenvalue weighted by atomic mass is 9.97. The SMILES string of the molecule is COc1ccc(Cc2cccc(CC(C)=O)c2)cc1-c1cccc(Cl)c1. The molecular weight excluding hydrogens is 344 g/mol. The lowest BCUT2D eigenvalue weighted by Gasteiger charge is -2.12. The van der Waals surface area contributed by atoms with Crippen molar-refractivity contribution in [3.05, 3.63) is 88.4 Å². The molecule has 0 radical (unpaired) electrons. The third-order valence-electron chi connectivity index (χ3n) is 4.25. The van der Waals surface area contributed by atoms with Crippen LogP contribution < -0.4 is 4.74 Å². The van der Waals surface area contributed by atoms with Crippen molar-refractivity contribution in [2.24, 2.45) is 0 Å². The smallest absolute Gasteiger partial charge is 0.134 e. The van der Waals surface area contributed by atoms with Crippen LogP contribution in [0.25, 0.3) is 11.1 Å². The predicted octanol–water partition coefficient (Wildman–Crippen LogP) is 5.74. The van der Waals surface area contributed by atoms with Crippen LogP contribution in [0.15, 0.2) is 66.7 Å². The number of ether oxygens (including phenoxy) is 1. The van der Waals surface area contributed by atoms with Gasteiger partial charge in [0.25, 0.3) is 0 Å². The van der Waals surface area contributed by atoms with Gasteiger partial charge in [-0.05, 0) is 59.9 Å². The molecule has 26 heavy (non-hydrogen) atoms. The maximum absolute atomic E-state index is 11.4. The first-order valence-corrected chi connectivity index (χ1v) is 8.93. The highest BCUT2D eigenvalue weighted by molar-refractivity contribution is 6.30. The van der Waals surface area contributed by atoms with Crippen LogP contribution in [0, 0.1) is 0 Å². The molecule has 0 amide bonds. The van der Waals surface area contributed by atoms with Gasteiger partial charge >= 0.3 is 0 Å². The molecule has 0 heterocycles. The highest BCUT2D eigenvalue weighted by Crippen LogP contribution is 2.33. The fraction of sp³-hybridized carbons (Fsp3) is 0.174. The molecule has 0 bridgehead atoms. The third kappa shape index (κ3) is 4.53. The molecule has 3 aromatic carbocycles. The van der Waals surface area contributed by atoms with Crippen molar-refractivity contribution in [3.63, 3.8) is 0 Å². The Balaban J connectivity index is 1.92. The van der Waals surface area contributed by atoms with Crippen molar-refractivity contribution in [2.45, 2.75) is 19.8 Å². The molecule has 2 nitrogen and oxygen atoms in total. The van der Waals surface area contributed by atoms with Crippen LogP contribution in [-0.4, -0.2) is 12.9 Å². The molecule has 0 fully saturated rings. The summed E-state index contributed by atoms with van der Waals surface area (Å²) in [5.74, 6) is 0.996. The number of halogens is 1. The topological polar surface area (TPSA) is 26.3 Å². The Kier molecular flexibility index (Phi) is 5.75. The van der Waals surface area contributed by atoms with E-state index in [1.54, 1.807) is 14.0 Å². The van der Waals surface area contributed by atoms with E-state index in [-0.39, 0.29) is 5.78 Å². The minimum absolute atomic E-state index is 0.176. The molecule has 3 aromatic rings. The number of benzene rings is 3. The largest absolute Gasteiger partial charge is 0.496 e. The zero-order chi connectivity index (χ0) is 18.5. The average molecular weight is 365 g/mol. The molecule has 0 aliphatic carbocycles. The zero-order valence-corrected chi connectivity index (χ0v) is 15.7. The van der Waals surface area contributed by atoms with Crippen LogP contribution in [-0.2, 0) is 17.6 Å². The number of hydrogen-bond acceptors (Lipinski definition) is 2. The molecule has 0 aliphatic heterocycles. The summed E-state index contributed by atoms with van der Waals surface area (Å²) in [6, 6.07) is 22.2. The fourth-order valence-electron chi connectivity index (χ4n) is 3.12. The number of hydrogen-bond donors (Lipinski definition) is 0. The van der Waals surface area contributed by atoms with Crippen LogP contribution in [0.5, 0.6) is 5.75 Å². The second-order valence-corrected chi connectivity index (χ2v) is 6.86. The number of carbonyl (C=O) groups excluding carboxylic acids is 1. The van der Waals surface area contributed by atoms with E-state index in [1.807, 2.05) is 42.5 Å². The average Bonchev–Trinajstić information content (AvgIpc) is 2.61. The van der Waals surface area contributed by atoms with E-state index in [0.29, 0.717) is 11.4 Å². The molecule has 0 aliphatic rings. The van der Waals surface area contributed by atoms with E-state index in [0.717, 1.165) is 28.9 Å². The van der Waals surface area contributed by atoms with Crippen molar-refractivity contribution in [1.29, 1.82) is 0 Å². The fourth-order valence-corrected chi connectivity index (χ4v) is 3.31. The Morgan fingerprint density at radius 1 is 0.923 bits per heavy atom. The molecule has 0 saturated carbocycles. The first kappa shape index (κ1) is 18.2. The van der Waals surface area contributed by atoms with Crippen LogP contribution in [0.3, 0.4) is 0 Å². The molecule has 0 unspecified atom stereocenters.